The number of carbonyl (C=O) groups excluding carboxylic acids is 1. The van der Waals surface area contributed by atoms with Gasteiger partial charge in [-0.3, -0.25) is 0 Å². The Labute approximate surface area is 137 Å². The number of aromatic nitrogens is 2. The number of nitrogens with zero attached hydrogens (tertiary/aromatic N) is 2. The molecule has 0 atom stereocenters. The summed E-state index contributed by atoms with van der Waals surface area (Å²) in [5.41, 5.74) is 2.52. The van der Waals surface area contributed by atoms with Crippen LogP contribution in [0.4, 0.5) is 4.39 Å². The van der Waals surface area contributed by atoms with Crippen LogP contribution in [0, 0.1) is 5.82 Å². The number of phenols is 1. The third-order valence-corrected chi connectivity index (χ3v) is 3.50. The van der Waals surface area contributed by atoms with Gasteiger partial charge in [0.25, 0.3) is 0 Å². The molecule has 0 bridgehead atoms. The van der Waals surface area contributed by atoms with Crippen molar-refractivity contribution < 1.29 is 19.0 Å². The molecule has 3 aromatic rings. The van der Waals surface area contributed by atoms with Gasteiger partial charge >= 0.3 is 5.97 Å². The van der Waals surface area contributed by atoms with Gasteiger partial charge in [0.1, 0.15) is 0 Å². The molecule has 5 nitrogen and oxygen atoms in total. The summed E-state index contributed by atoms with van der Waals surface area (Å²) in [6, 6.07) is 10.8. The number of esters is 1. The zero-order chi connectivity index (χ0) is 17.1. The van der Waals surface area contributed by atoms with E-state index in [0.29, 0.717) is 17.0 Å². The second kappa shape index (κ2) is 6.45. The van der Waals surface area contributed by atoms with Gasteiger partial charge in [0, 0.05) is 23.5 Å². The second-order valence-electron chi connectivity index (χ2n) is 5.03. The third-order valence-electron chi connectivity index (χ3n) is 3.50. The normalized spacial score (nSPS) is 10.4. The molecule has 1 aromatic heterocycles. The second-order valence-corrected chi connectivity index (χ2v) is 5.03. The van der Waals surface area contributed by atoms with Crippen LogP contribution in [-0.4, -0.2) is 28.2 Å². The van der Waals surface area contributed by atoms with Gasteiger partial charge in [-0.2, -0.15) is 0 Å². The third kappa shape index (κ3) is 3.08. The van der Waals surface area contributed by atoms with Crippen molar-refractivity contribution in [3.05, 3.63) is 66.2 Å². The molecule has 0 spiro atoms. The van der Waals surface area contributed by atoms with Crippen molar-refractivity contribution in [2.24, 2.45) is 0 Å². The molecule has 3 rings (SSSR count). The number of hydrogen-bond donors (Lipinski definition) is 1. The quantitative estimate of drug-likeness (QED) is 0.747. The van der Waals surface area contributed by atoms with Crippen LogP contribution in [0.3, 0.4) is 0 Å². The average molecular weight is 324 g/mol. The Kier molecular flexibility index (Phi) is 4.20. The average Bonchev–Trinajstić information content (AvgIpc) is 2.63. The number of benzene rings is 2. The van der Waals surface area contributed by atoms with Gasteiger partial charge < -0.3 is 9.84 Å². The maximum atomic E-state index is 13.4. The van der Waals surface area contributed by atoms with E-state index >= 15 is 0 Å². The van der Waals surface area contributed by atoms with Gasteiger partial charge in [-0.25, -0.2) is 19.2 Å². The van der Waals surface area contributed by atoms with E-state index in [0.717, 1.165) is 11.1 Å². The summed E-state index contributed by atoms with van der Waals surface area (Å²) in [4.78, 5) is 19.9. The van der Waals surface area contributed by atoms with Crippen LogP contribution in [0.5, 0.6) is 5.75 Å². The zero-order valence-corrected chi connectivity index (χ0v) is 12.7. The van der Waals surface area contributed by atoms with Crippen LogP contribution < -0.4 is 0 Å². The number of rotatable bonds is 3. The van der Waals surface area contributed by atoms with Crippen molar-refractivity contribution in [2.75, 3.05) is 7.11 Å². The molecule has 6 heteroatoms. The van der Waals surface area contributed by atoms with Gasteiger partial charge in [0.15, 0.2) is 17.4 Å². The summed E-state index contributed by atoms with van der Waals surface area (Å²) in [5.74, 6) is -1.19. The molecular formula is C18H13FN2O3. The molecular weight excluding hydrogens is 311 g/mol. The summed E-state index contributed by atoms with van der Waals surface area (Å²) < 4.78 is 18.1. The molecule has 1 heterocycles. The molecule has 0 fully saturated rings. The molecule has 2 aromatic carbocycles. The lowest BCUT2D eigenvalue weighted by Crippen LogP contribution is -2.00. The van der Waals surface area contributed by atoms with E-state index in [1.165, 1.54) is 19.2 Å². The molecule has 0 unspecified atom stereocenters. The van der Waals surface area contributed by atoms with E-state index < -0.39 is 17.5 Å². The van der Waals surface area contributed by atoms with Crippen LogP contribution in [-0.2, 0) is 4.74 Å². The van der Waals surface area contributed by atoms with Crippen molar-refractivity contribution in [3.63, 3.8) is 0 Å². The number of carbonyl (C=O) groups is 1. The summed E-state index contributed by atoms with van der Waals surface area (Å²) in [5, 5.41) is 9.21. The zero-order valence-electron chi connectivity index (χ0n) is 12.7. The first-order valence-electron chi connectivity index (χ1n) is 7.08. The fraction of sp³-hybridized carbons (Fsp3) is 0.0556. The first kappa shape index (κ1) is 15.6. The van der Waals surface area contributed by atoms with E-state index in [9.17, 15) is 14.3 Å². The fourth-order valence-electron chi connectivity index (χ4n) is 2.19. The summed E-state index contributed by atoms with van der Waals surface area (Å²) in [6.07, 6.45) is 3.22. The minimum absolute atomic E-state index is 0.351. The van der Waals surface area contributed by atoms with E-state index in [2.05, 4.69) is 14.7 Å². The minimum atomic E-state index is -0.724. The molecule has 0 radical (unpaired) electrons. The maximum Gasteiger partial charge on any atom is 0.337 e. The predicted molar refractivity (Wildman–Crippen MR) is 85.9 cm³/mol. The highest BCUT2D eigenvalue weighted by molar-refractivity contribution is 5.89. The Morgan fingerprint density at radius 2 is 1.62 bits per heavy atom. The number of halogens is 1. The number of ether oxygens (including phenoxy) is 1. The van der Waals surface area contributed by atoms with Crippen molar-refractivity contribution in [1.29, 1.82) is 0 Å². The summed E-state index contributed by atoms with van der Waals surface area (Å²) in [7, 11) is 1.33. The molecule has 0 amide bonds. The molecule has 120 valence electrons. The monoisotopic (exact) mass is 324 g/mol. The van der Waals surface area contributed by atoms with Gasteiger partial charge in [-0.05, 0) is 35.9 Å². The van der Waals surface area contributed by atoms with E-state index in [-0.39, 0.29) is 0 Å². The topological polar surface area (TPSA) is 72.3 Å². The predicted octanol–water partition coefficient (Wildman–Crippen LogP) is 3.44. The van der Waals surface area contributed by atoms with Gasteiger partial charge in [-0.1, -0.05) is 12.1 Å². The van der Waals surface area contributed by atoms with E-state index in [1.54, 1.807) is 42.7 Å². The number of hydrogen-bond acceptors (Lipinski definition) is 5. The lowest BCUT2D eigenvalue weighted by atomic mass is 10.1. The highest BCUT2D eigenvalue weighted by Crippen LogP contribution is 2.24. The largest absolute Gasteiger partial charge is 0.505 e. The van der Waals surface area contributed by atoms with Crippen LogP contribution in [0.25, 0.3) is 22.5 Å². The SMILES string of the molecule is COC(=O)c1ccc(-c2cnc(-c3ccc(O)c(F)c3)nc2)cc1. The molecule has 0 aliphatic carbocycles. The molecule has 0 aliphatic heterocycles. The molecule has 0 saturated heterocycles. The number of aromatic hydroxyl groups is 1. The Morgan fingerprint density at radius 1 is 1.00 bits per heavy atom. The number of methoxy groups -OCH3 is 1. The van der Waals surface area contributed by atoms with Crippen molar-refractivity contribution in [2.45, 2.75) is 0 Å². The Morgan fingerprint density at radius 3 is 2.21 bits per heavy atom. The van der Waals surface area contributed by atoms with E-state index in [4.69, 9.17) is 0 Å². The van der Waals surface area contributed by atoms with Crippen molar-refractivity contribution >= 4 is 5.97 Å². The lowest BCUT2D eigenvalue weighted by molar-refractivity contribution is 0.0601. The first-order chi connectivity index (χ1) is 11.6. The molecule has 24 heavy (non-hydrogen) atoms. The fourth-order valence-corrected chi connectivity index (χ4v) is 2.19. The van der Waals surface area contributed by atoms with Crippen LogP contribution >= 0.6 is 0 Å². The minimum Gasteiger partial charge on any atom is -0.505 e. The highest BCUT2D eigenvalue weighted by atomic mass is 19.1. The Bertz CT molecular complexity index is 878. The highest BCUT2D eigenvalue weighted by Gasteiger charge is 2.08. The van der Waals surface area contributed by atoms with Crippen molar-refractivity contribution in [1.82, 2.24) is 9.97 Å². The molecule has 0 aliphatic rings. The maximum absolute atomic E-state index is 13.4. The van der Waals surface area contributed by atoms with Crippen molar-refractivity contribution in [3.8, 4) is 28.3 Å². The van der Waals surface area contributed by atoms with Crippen LogP contribution in [0.1, 0.15) is 10.4 Å². The molecule has 0 saturated carbocycles. The summed E-state index contributed by atoms with van der Waals surface area (Å²) in [6.45, 7) is 0. The van der Waals surface area contributed by atoms with Gasteiger partial charge in [0.2, 0.25) is 0 Å². The first-order valence-corrected chi connectivity index (χ1v) is 7.08. The van der Waals surface area contributed by atoms with Crippen LogP contribution in [0.15, 0.2) is 54.9 Å². The molecule has 1 N–H and O–H groups in total. The van der Waals surface area contributed by atoms with Crippen LogP contribution in [0.2, 0.25) is 0 Å². The number of phenolic OH excluding ortho intramolecular Hbond substituents is 1. The Balaban J connectivity index is 1.86. The van der Waals surface area contributed by atoms with Gasteiger partial charge in [0.05, 0.1) is 12.7 Å². The van der Waals surface area contributed by atoms with Gasteiger partial charge in [-0.15, -0.1) is 0 Å². The Hall–Kier alpha value is -3.28. The standard InChI is InChI=1S/C18H13FN2O3/c1-24-18(23)12-4-2-11(3-5-12)14-9-20-17(21-10-14)13-6-7-16(22)15(19)8-13/h2-10,22H,1H3. The smallest absolute Gasteiger partial charge is 0.337 e. The van der Waals surface area contributed by atoms with E-state index in [1.807, 2.05) is 0 Å². The summed E-state index contributed by atoms with van der Waals surface area (Å²) >= 11 is 0. The lowest BCUT2D eigenvalue weighted by Gasteiger charge is -2.05.